The molecule has 0 saturated carbocycles. The van der Waals surface area contributed by atoms with Gasteiger partial charge in [0.25, 0.3) is 0 Å². The first-order valence-electron chi connectivity index (χ1n) is 7.89. The highest BCUT2D eigenvalue weighted by Gasteiger charge is 1.97. The molecule has 1 aliphatic heterocycles. The van der Waals surface area contributed by atoms with E-state index < -0.39 is 0 Å². The van der Waals surface area contributed by atoms with E-state index in [-0.39, 0.29) is 5.97 Å². The van der Waals surface area contributed by atoms with Gasteiger partial charge >= 0.3 is 5.97 Å². The van der Waals surface area contributed by atoms with Gasteiger partial charge in [-0.3, -0.25) is 0 Å². The molecule has 0 aromatic rings. The van der Waals surface area contributed by atoms with E-state index in [2.05, 4.69) is 6.08 Å². The van der Waals surface area contributed by atoms with E-state index in [1.165, 1.54) is 63.9 Å². The van der Waals surface area contributed by atoms with Crippen molar-refractivity contribution < 1.29 is 9.53 Å². The van der Waals surface area contributed by atoms with Crippen LogP contribution in [-0.4, -0.2) is 12.6 Å². The van der Waals surface area contributed by atoms with E-state index >= 15 is 0 Å². The molecule has 0 saturated heterocycles. The molecule has 0 unspecified atom stereocenters. The fourth-order valence-electron chi connectivity index (χ4n) is 2.31. The Morgan fingerprint density at radius 3 is 2.00 bits per heavy atom. The van der Waals surface area contributed by atoms with E-state index in [9.17, 15) is 4.79 Å². The summed E-state index contributed by atoms with van der Waals surface area (Å²) in [6.07, 6.45) is 21.4. The van der Waals surface area contributed by atoms with Gasteiger partial charge in [-0.15, -0.1) is 0 Å². The van der Waals surface area contributed by atoms with E-state index in [0.717, 1.165) is 12.8 Å². The Kier molecular flexibility index (Phi) is 10.1. The summed E-state index contributed by atoms with van der Waals surface area (Å²) in [5, 5.41) is 0. The highest BCUT2D eigenvalue weighted by molar-refractivity contribution is 5.82. The van der Waals surface area contributed by atoms with E-state index in [1.54, 1.807) is 6.08 Å². The Labute approximate surface area is 117 Å². The number of carbonyl (C=O) groups is 1. The lowest BCUT2D eigenvalue weighted by atomic mass is 10.1. The average Bonchev–Trinajstić information content (AvgIpc) is 2.41. The molecule has 1 aliphatic rings. The van der Waals surface area contributed by atoms with Crippen LogP contribution in [0.4, 0.5) is 0 Å². The van der Waals surface area contributed by atoms with Crippen LogP contribution in [0, 0.1) is 0 Å². The third-order valence-electron chi connectivity index (χ3n) is 3.49. The summed E-state index contributed by atoms with van der Waals surface area (Å²) in [6, 6.07) is 0. The van der Waals surface area contributed by atoms with Crippen LogP contribution >= 0.6 is 0 Å². The molecule has 0 aromatic carbocycles. The summed E-state index contributed by atoms with van der Waals surface area (Å²) in [5.74, 6) is -0.217. The quantitative estimate of drug-likeness (QED) is 0.579. The summed E-state index contributed by atoms with van der Waals surface area (Å²) in [6.45, 7) is 0.562. The highest BCUT2D eigenvalue weighted by Crippen LogP contribution is 2.11. The minimum atomic E-state index is -0.217. The predicted molar refractivity (Wildman–Crippen MR) is 80.0 cm³/mol. The molecule has 1 heterocycles. The standard InChI is InChI=1S/C17H28O2/c18-17-15-13-11-9-7-5-3-1-2-4-6-8-10-12-14-16-19-17/h9,11,13,15H,1-8,10,12,14,16H2/b11-9-,15-13+. The molecule has 0 fully saturated rings. The van der Waals surface area contributed by atoms with Gasteiger partial charge in [0, 0.05) is 6.08 Å². The summed E-state index contributed by atoms with van der Waals surface area (Å²) in [5.41, 5.74) is 0. The van der Waals surface area contributed by atoms with Gasteiger partial charge in [-0.2, -0.15) is 0 Å². The molecule has 0 radical (unpaired) electrons. The Morgan fingerprint density at radius 2 is 1.32 bits per heavy atom. The highest BCUT2D eigenvalue weighted by atomic mass is 16.5. The summed E-state index contributed by atoms with van der Waals surface area (Å²) >= 11 is 0. The molecule has 2 nitrogen and oxygen atoms in total. The maximum Gasteiger partial charge on any atom is 0.330 e. The van der Waals surface area contributed by atoms with Gasteiger partial charge < -0.3 is 4.74 Å². The fourth-order valence-corrected chi connectivity index (χ4v) is 2.31. The van der Waals surface area contributed by atoms with Crippen molar-refractivity contribution in [2.75, 3.05) is 6.61 Å². The molecule has 1 rings (SSSR count). The Bertz CT molecular complexity index is 279. The van der Waals surface area contributed by atoms with Gasteiger partial charge in [-0.25, -0.2) is 4.79 Å². The minimum absolute atomic E-state index is 0.217. The lowest BCUT2D eigenvalue weighted by molar-refractivity contribution is -0.137. The minimum Gasteiger partial charge on any atom is -0.463 e. The Balaban J connectivity index is 2.25. The first kappa shape index (κ1) is 16.0. The molecular weight excluding hydrogens is 236 g/mol. The third kappa shape index (κ3) is 10.5. The monoisotopic (exact) mass is 264 g/mol. The van der Waals surface area contributed by atoms with Crippen LogP contribution in [0.2, 0.25) is 0 Å². The zero-order valence-corrected chi connectivity index (χ0v) is 12.1. The molecule has 19 heavy (non-hydrogen) atoms. The van der Waals surface area contributed by atoms with Crippen LogP contribution in [0.1, 0.15) is 70.6 Å². The van der Waals surface area contributed by atoms with Crippen molar-refractivity contribution in [2.45, 2.75) is 70.6 Å². The maximum absolute atomic E-state index is 11.3. The van der Waals surface area contributed by atoms with Crippen LogP contribution in [0.3, 0.4) is 0 Å². The van der Waals surface area contributed by atoms with E-state index in [4.69, 9.17) is 4.74 Å². The topological polar surface area (TPSA) is 26.3 Å². The van der Waals surface area contributed by atoms with E-state index in [1.807, 2.05) is 6.08 Å². The second-order valence-electron chi connectivity index (χ2n) is 5.28. The van der Waals surface area contributed by atoms with Gasteiger partial charge in [0.05, 0.1) is 6.61 Å². The molecule has 0 N–H and O–H groups in total. The Morgan fingerprint density at radius 1 is 0.737 bits per heavy atom. The Hall–Kier alpha value is -1.05. The summed E-state index contributed by atoms with van der Waals surface area (Å²) in [4.78, 5) is 11.3. The first-order valence-corrected chi connectivity index (χ1v) is 7.89. The predicted octanol–water partition coefficient (Wildman–Crippen LogP) is 4.95. The zero-order valence-electron chi connectivity index (χ0n) is 12.1. The summed E-state index contributed by atoms with van der Waals surface area (Å²) in [7, 11) is 0. The molecule has 0 atom stereocenters. The van der Waals surface area contributed by atoms with Crippen LogP contribution in [0.25, 0.3) is 0 Å². The van der Waals surface area contributed by atoms with Crippen molar-refractivity contribution in [1.29, 1.82) is 0 Å². The van der Waals surface area contributed by atoms with Crippen molar-refractivity contribution in [3.8, 4) is 0 Å². The number of carbonyl (C=O) groups excluding carboxylic acids is 1. The smallest absolute Gasteiger partial charge is 0.330 e. The average molecular weight is 264 g/mol. The number of hydrogen-bond donors (Lipinski definition) is 0. The van der Waals surface area contributed by atoms with Crippen molar-refractivity contribution in [2.24, 2.45) is 0 Å². The molecular formula is C17H28O2. The van der Waals surface area contributed by atoms with Gasteiger partial charge in [-0.1, -0.05) is 69.6 Å². The van der Waals surface area contributed by atoms with Crippen LogP contribution in [-0.2, 0) is 9.53 Å². The van der Waals surface area contributed by atoms with Gasteiger partial charge in [0.2, 0.25) is 0 Å². The molecule has 0 aliphatic carbocycles. The zero-order chi connectivity index (χ0) is 13.6. The summed E-state index contributed by atoms with van der Waals surface area (Å²) < 4.78 is 5.13. The van der Waals surface area contributed by atoms with Crippen LogP contribution in [0.5, 0.6) is 0 Å². The van der Waals surface area contributed by atoms with Gasteiger partial charge in [-0.05, 0) is 19.3 Å². The second-order valence-corrected chi connectivity index (χ2v) is 5.28. The van der Waals surface area contributed by atoms with Crippen molar-refractivity contribution in [3.05, 3.63) is 24.3 Å². The molecule has 0 spiro atoms. The lowest BCUT2D eigenvalue weighted by Gasteiger charge is -2.03. The van der Waals surface area contributed by atoms with Crippen molar-refractivity contribution >= 4 is 5.97 Å². The number of cyclic esters (lactones) is 1. The van der Waals surface area contributed by atoms with Crippen LogP contribution < -0.4 is 0 Å². The number of allylic oxidation sites excluding steroid dienone is 3. The molecule has 108 valence electrons. The van der Waals surface area contributed by atoms with Crippen molar-refractivity contribution in [1.82, 2.24) is 0 Å². The number of esters is 1. The molecule has 0 amide bonds. The van der Waals surface area contributed by atoms with Crippen LogP contribution in [0.15, 0.2) is 24.3 Å². The normalized spacial score (nSPS) is 24.7. The SMILES string of the molecule is O=C1/C=C/C=C\CCCCCCCCCCCCO1. The third-order valence-corrected chi connectivity index (χ3v) is 3.49. The van der Waals surface area contributed by atoms with Gasteiger partial charge in [0.15, 0.2) is 0 Å². The maximum atomic E-state index is 11.3. The number of ether oxygens (including phenoxy) is 1. The lowest BCUT2D eigenvalue weighted by Crippen LogP contribution is -2.02. The van der Waals surface area contributed by atoms with Crippen molar-refractivity contribution in [3.63, 3.8) is 0 Å². The molecule has 0 bridgehead atoms. The molecule has 2 heteroatoms. The largest absolute Gasteiger partial charge is 0.463 e. The second kappa shape index (κ2) is 12.0. The number of rotatable bonds is 0. The molecule has 0 aromatic heterocycles. The fraction of sp³-hybridized carbons (Fsp3) is 0.706. The van der Waals surface area contributed by atoms with Gasteiger partial charge in [0.1, 0.15) is 0 Å². The first-order chi connectivity index (χ1) is 9.39. The number of hydrogen-bond acceptors (Lipinski definition) is 2. The van der Waals surface area contributed by atoms with E-state index in [0.29, 0.717) is 6.61 Å².